The van der Waals surface area contributed by atoms with Crippen molar-refractivity contribution in [2.45, 2.75) is 6.92 Å². The molecule has 0 aliphatic heterocycles. The van der Waals surface area contributed by atoms with Crippen LogP contribution in [0.25, 0.3) is 4.85 Å². The third kappa shape index (κ3) is 0.992. The Balaban J connectivity index is 3.66. The van der Waals surface area contributed by atoms with Crippen LogP contribution in [0.1, 0.15) is 5.56 Å². The number of nitrogens with two attached hydrogens (primary N) is 1. The number of anilines is 1. The normalized spacial score (nSPS) is 9.33. The summed E-state index contributed by atoms with van der Waals surface area (Å²) in [5.74, 6) is -0.429. The Kier molecular flexibility index (Phi) is 1.75. The van der Waals surface area contributed by atoms with Crippen molar-refractivity contribution in [2.24, 2.45) is 0 Å². The van der Waals surface area contributed by atoms with Crippen molar-refractivity contribution < 1.29 is 5.11 Å². The molecule has 5 heteroatoms. The molecule has 0 saturated carbocycles. The van der Waals surface area contributed by atoms with Crippen LogP contribution in [0.2, 0.25) is 0 Å². The second-order valence-electron chi connectivity index (χ2n) is 2.30. The van der Waals surface area contributed by atoms with Gasteiger partial charge in [-0.2, -0.15) is 0 Å². The summed E-state index contributed by atoms with van der Waals surface area (Å²) in [5, 5.41) is 9.07. The van der Waals surface area contributed by atoms with Crippen LogP contribution in [0.5, 0.6) is 5.88 Å². The first kappa shape index (κ1) is 8.14. The molecule has 0 atom stereocenters. The Hall–Kier alpha value is -1.96. The Bertz CT molecular complexity index is 414. The van der Waals surface area contributed by atoms with Gasteiger partial charge in [0.15, 0.2) is 5.88 Å². The van der Waals surface area contributed by atoms with Crippen molar-refractivity contribution in [3.8, 4) is 5.88 Å². The standard InChI is InChI=1S/C7H7N3O2/c1-3-4(8)6(11)10-7(12)5(3)9-2/h8H2,1H3,(H2,10,11,12). The number of nitrogen functional groups attached to an aromatic ring is 1. The molecule has 62 valence electrons. The van der Waals surface area contributed by atoms with E-state index in [9.17, 15) is 4.79 Å². The van der Waals surface area contributed by atoms with Gasteiger partial charge in [0.25, 0.3) is 5.56 Å². The number of pyridine rings is 1. The summed E-state index contributed by atoms with van der Waals surface area (Å²) < 4.78 is 0. The summed E-state index contributed by atoms with van der Waals surface area (Å²) in [7, 11) is 0. The molecule has 1 aromatic rings. The van der Waals surface area contributed by atoms with Crippen molar-refractivity contribution in [3.63, 3.8) is 0 Å². The van der Waals surface area contributed by atoms with E-state index in [-0.39, 0.29) is 11.4 Å². The van der Waals surface area contributed by atoms with Gasteiger partial charge in [0.2, 0.25) is 5.69 Å². The SMILES string of the molecule is [C-]#[N+]c1c(O)[nH]c(=O)c(N)c1C. The molecule has 0 unspecified atom stereocenters. The van der Waals surface area contributed by atoms with E-state index in [2.05, 4.69) is 9.83 Å². The van der Waals surface area contributed by atoms with E-state index in [0.29, 0.717) is 5.56 Å². The predicted octanol–water partition coefficient (Wildman–Crippen LogP) is 0.522. The monoisotopic (exact) mass is 165 g/mol. The number of aromatic nitrogens is 1. The molecule has 0 bridgehead atoms. The smallest absolute Gasteiger partial charge is 0.271 e. The summed E-state index contributed by atoms with van der Waals surface area (Å²) in [6.07, 6.45) is 0. The van der Waals surface area contributed by atoms with Gasteiger partial charge in [0.1, 0.15) is 0 Å². The summed E-state index contributed by atoms with van der Waals surface area (Å²) in [5.41, 5.74) is 5.03. The Morgan fingerprint density at radius 2 is 2.25 bits per heavy atom. The number of aromatic amines is 1. The first-order chi connectivity index (χ1) is 5.57. The van der Waals surface area contributed by atoms with Gasteiger partial charge in [0.05, 0.1) is 12.3 Å². The lowest BCUT2D eigenvalue weighted by molar-refractivity contribution is 0.455. The average Bonchev–Trinajstić information content (AvgIpc) is 2.01. The van der Waals surface area contributed by atoms with Gasteiger partial charge < -0.3 is 15.8 Å². The van der Waals surface area contributed by atoms with Gasteiger partial charge in [-0.25, -0.2) is 4.85 Å². The van der Waals surface area contributed by atoms with E-state index in [0.717, 1.165) is 0 Å². The first-order valence-corrected chi connectivity index (χ1v) is 3.16. The molecule has 0 spiro atoms. The van der Waals surface area contributed by atoms with Gasteiger partial charge in [-0.05, 0) is 12.5 Å². The molecule has 12 heavy (non-hydrogen) atoms. The lowest BCUT2D eigenvalue weighted by Crippen LogP contribution is -2.12. The summed E-state index contributed by atoms with van der Waals surface area (Å²) in [4.78, 5) is 16.0. The van der Waals surface area contributed by atoms with E-state index in [1.807, 2.05) is 0 Å². The average molecular weight is 165 g/mol. The molecule has 1 aromatic heterocycles. The maximum absolute atomic E-state index is 10.9. The third-order valence-corrected chi connectivity index (χ3v) is 1.57. The molecule has 0 amide bonds. The second kappa shape index (κ2) is 2.58. The minimum Gasteiger partial charge on any atom is -0.503 e. The van der Waals surface area contributed by atoms with Crippen molar-refractivity contribution in [1.82, 2.24) is 4.98 Å². The number of rotatable bonds is 0. The van der Waals surface area contributed by atoms with Crippen LogP contribution in [-0.2, 0) is 0 Å². The van der Waals surface area contributed by atoms with Crippen molar-refractivity contribution >= 4 is 11.4 Å². The Labute approximate surface area is 68.3 Å². The van der Waals surface area contributed by atoms with E-state index >= 15 is 0 Å². The quantitative estimate of drug-likeness (QED) is 0.490. The highest BCUT2D eigenvalue weighted by molar-refractivity contribution is 5.67. The number of nitrogens with one attached hydrogen (secondary N) is 1. The van der Waals surface area contributed by atoms with Crippen molar-refractivity contribution in [3.05, 3.63) is 27.3 Å². The fourth-order valence-corrected chi connectivity index (χ4v) is 0.846. The Morgan fingerprint density at radius 3 is 2.75 bits per heavy atom. The molecule has 1 rings (SSSR count). The highest BCUT2D eigenvalue weighted by Gasteiger charge is 2.10. The number of hydrogen-bond acceptors (Lipinski definition) is 3. The van der Waals surface area contributed by atoms with Gasteiger partial charge in [-0.15, -0.1) is 0 Å². The molecule has 5 nitrogen and oxygen atoms in total. The second-order valence-corrected chi connectivity index (χ2v) is 2.30. The van der Waals surface area contributed by atoms with Crippen molar-refractivity contribution in [2.75, 3.05) is 5.73 Å². The van der Waals surface area contributed by atoms with Crippen molar-refractivity contribution in [1.29, 1.82) is 0 Å². The molecule has 0 fully saturated rings. The lowest BCUT2D eigenvalue weighted by atomic mass is 10.2. The first-order valence-electron chi connectivity index (χ1n) is 3.16. The number of hydrogen-bond donors (Lipinski definition) is 3. The van der Waals surface area contributed by atoms with Gasteiger partial charge in [-0.1, -0.05) is 0 Å². The molecular weight excluding hydrogens is 158 g/mol. The highest BCUT2D eigenvalue weighted by atomic mass is 16.3. The summed E-state index contributed by atoms with van der Waals surface area (Å²) >= 11 is 0. The van der Waals surface area contributed by atoms with Crippen LogP contribution in [0.3, 0.4) is 0 Å². The van der Waals surface area contributed by atoms with Crippen LogP contribution < -0.4 is 11.3 Å². The number of nitrogens with zero attached hydrogens (tertiary/aromatic N) is 1. The fourth-order valence-electron chi connectivity index (χ4n) is 0.846. The largest absolute Gasteiger partial charge is 0.503 e. The van der Waals surface area contributed by atoms with Gasteiger partial charge in [-0.3, -0.25) is 4.79 Å². The van der Waals surface area contributed by atoms with E-state index in [1.165, 1.54) is 6.92 Å². The summed E-state index contributed by atoms with van der Waals surface area (Å²) in [6.45, 7) is 8.19. The minimum atomic E-state index is -0.572. The highest BCUT2D eigenvalue weighted by Crippen LogP contribution is 2.28. The molecule has 4 N–H and O–H groups in total. The molecule has 0 aromatic carbocycles. The molecule has 0 aliphatic rings. The predicted molar refractivity (Wildman–Crippen MR) is 44.1 cm³/mol. The van der Waals surface area contributed by atoms with Crippen LogP contribution in [0.4, 0.5) is 11.4 Å². The minimum absolute atomic E-state index is 0.00731. The van der Waals surface area contributed by atoms with Crippen LogP contribution in [0.15, 0.2) is 4.79 Å². The van der Waals surface area contributed by atoms with Crippen LogP contribution >= 0.6 is 0 Å². The van der Waals surface area contributed by atoms with E-state index < -0.39 is 11.4 Å². The van der Waals surface area contributed by atoms with Crippen LogP contribution in [0, 0.1) is 13.5 Å². The topological polar surface area (TPSA) is 83.5 Å². The third-order valence-electron chi connectivity index (χ3n) is 1.57. The summed E-state index contributed by atoms with van der Waals surface area (Å²) in [6, 6.07) is 0. The zero-order chi connectivity index (χ0) is 9.30. The van der Waals surface area contributed by atoms with Crippen LogP contribution in [-0.4, -0.2) is 10.1 Å². The maximum atomic E-state index is 10.9. The molecule has 0 radical (unpaired) electrons. The molecule has 0 aliphatic carbocycles. The number of H-pyrrole nitrogens is 1. The maximum Gasteiger partial charge on any atom is 0.271 e. The Morgan fingerprint density at radius 1 is 1.67 bits per heavy atom. The van der Waals surface area contributed by atoms with E-state index in [4.69, 9.17) is 17.4 Å². The lowest BCUT2D eigenvalue weighted by Gasteiger charge is -2.02. The zero-order valence-electron chi connectivity index (χ0n) is 6.38. The molecule has 0 saturated heterocycles. The van der Waals surface area contributed by atoms with Gasteiger partial charge in [0, 0.05) is 0 Å². The molecule has 1 heterocycles. The van der Waals surface area contributed by atoms with Gasteiger partial charge >= 0.3 is 0 Å². The van der Waals surface area contributed by atoms with E-state index in [1.54, 1.807) is 0 Å². The fraction of sp³-hybridized carbons (Fsp3) is 0.143. The molecular formula is C7H7N3O2. The zero-order valence-corrected chi connectivity index (χ0v) is 6.38. The number of aromatic hydroxyl groups is 1.